The molecule has 0 bridgehead atoms. The molecule has 0 aromatic heterocycles. The van der Waals surface area contributed by atoms with Crippen molar-refractivity contribution in [1.82, 2.24) is 5.32 Å². The first-order chi connectivity index (χ1) is 10.1. The SMILES string of the molecule is FC(F)(F)C1CCCCC1NCCCOc1ccccc1. The average Bonchev–Trinajstić information content (AvgIpc) is 2.47. The van der Waals surface area contributed by atoms with Gasteiger partial charge in [0.2, 0.25) is 0 Å². The van der Waals surface area contributed by atoms with Gasteiger partial charge in [-0.25, -0.2) is 0 Å². The summed E-state index contributed by atoms with van der Waals surface area (Å²) in [6.07, 6.45) is -0.954. The molecule has 1 aromatic carbocycles. The fraction of sp³-hybridized carbons (Fsp3) is 0.625. The minimum atomic E-state index is -4.08. The maximum Gasteiger partial charge on any atom is 0.393 e. The summed E-state index contributed by atoms with van der Waals surface area (Å²) in [6.45, 7) is 1.07. The molecular formula is C16H22F3NO. The molecule has 0 saturated heterocycles. The zero-order valence-electron chi connectivity index (χ0n) is 12.0. The Morgan fingerprint density at radius 2 is 1.81 bits per heavy atom. The number of alkyl halides is 3. The molecule has 2 nitrogen and oxygen atoms in total. The van der Waals surface area contributed by atoms with E-state index < -0.39 is 18.1 Å². The normalized spacial score (nSPS) is 23.0. The highest BCUT2D eigenvalue weighted by atomic mass is 19.4. The van der Waals surface area contributed by atoms with Crippen LogP contribution < -0.4 is 10.1 Å². The lowest BCUT2D eigenvalue weighted by Gasteiger charge is -2.33. The standard InChI is InChI=1S/C16H22F3NO/c17-16(18,19)14-9-4-5-10-15(14)20-11-6-12-21-13-7-2-1-3-8-13/h1-3,7-8,14-15,20H,4-6,9-12H2. The maximum atomic E-state index is 12.9. The first-order valence-electron chi connectivity index (χ1n) is 7.55. The highest BCUT2D eigenvalue weighted by molar-refractivity contribution is 5.20. The summed E-state index contributed by atoms with van der Waals surface area (Å²) >= 11 is 0. The Morgan fingerprint density at radius 3 is 2.52 bits per heavy atom. The molecule has 1 saturated carbocycles. The van der Waals surface area contributed by atoms with E-state index in [1.54, 1.807) is 0 Å². The molecular weight excluding hydrogens is 279 g/mol. The van der Waals surface area contributed by atoms with Gasteiger partial charge in [0.15, 0.2) is 0 Å². The Kier molecular flexibility index (Phi) is 5.91. The molecule has 21 heavy (non-hydrogen) atoms. The van der Waals surface area contributed by atoms with Gasteiger partial charge in [-0.3, -0.25) is 0 Å². The van der Waals surface area contributed by atoms with Crippen molar-refractivity contribution in [2.75, 3.05) is 13.2 Å². The van der Waals surface area contributed by atoms with Crippen molar-refractivity contribution in [3.63, 3.8) is 0 Å². The van der Waals surface area contributed by atoms with Gasteiger partial charge in [0.1, 0.15) is 5.75 Å². The summed E-state index contributed by atoms with van der Waals surface area (Å²) in [7, 11) is 0. The monoisotopic (exact) mass is 301 g/mol. The predicted molar refractivity (Wildman–Crippen MR) is 76.4 cm³/mol. The third-order valence-electron chi connectivity index (χ3n) is 3.93. The molecule has 2 unspecified atom stereocenters. The highest BCUT2D eigenvalue weighted by Crippen LogP contribution is 2.37. The molecule has 1 N–H and O–H groups in total. The number of hydrogen-bond acceptors (Lipinski definition) is 2. The van der Waals surface area contributed by atoms with Gasteiger partial charge >= 0.3 is 6.18 Å². The van der Waals surface area contributed by atoms with E-state index in [1.165, 1.54) is 0 Å². The van der Waals surface area contributed by atoms with Crippen molar-refractivity contribution in [3.05, 3.63) is 30.3 Å². The Morgan fingerprint density at radius 1 is 1.10 bits per heavy atom. The van der Waals surface area contributed by atoms with Crippen LogP contribution in [-0.4, -0.2) is 25.4 Å². The van der Waals surface area contributed by atoms with E-state index in [-0.39, 0.29) is 6.42 Å². The Balaban J connectivity index is 1.67. The second-order valence-corrected chi connectivity index (χ2v) is 5.51. The van der Waals surface area contributed by atoms with E-state index in [0.717, 1.165) is 12.2 Å². The lowest BCUT2D eigenvalue weighted by molar-refractivity contribution is -0.188. The van der Waals surface area contributed by atoms with Gasteiger partial charge < -0.3 is 10.1 Å². The fourth-order valence-corrected chi connectivity index (χ4v) is 2.83. The molecule has 1 aromatic rings. The summed E-state index contributed by atoms with van der Waals surface area (Å²) in [6, 6.07) is 9.00. The van der Waals surface area contributed by atoms with Gasteiger partial charge in [-0.1, -0.05) is 31.0 Å². The first kappa shape index (κ1) is 16.1. The van der Waals surface area contributed by atoms with E-state index in [4.69, 9.17) is 4.74 Å². The van der Waals surface area contributed by atoms with Gasteiger partial charge in [0.25, 0.3) is 0 Å². The van der Waals surface area contributed by atoms with Gasteiger partial charge in [0, 0.05) is 6.04 Å². The molecule has 1 aliphatic rings. The van der Waals surface area contributed by atoms with Crippen LogP contribution in [0, 0.1) is 5.92 Å². The zero-order chi connectivity index (χ0) is 15.1. The van der Waals surface area contributed by atoms with Gasteiger partial charge in [0.05, 0.1) is 12.5 Å². The van der Waals surface area contributed by atoms with Gasteiger partial charge in [-0.15, -0.1) is 0 Å². The van der Waals surface area contributed by atoms with E-state index >= 15 is 0 Å². The number of benzene rings is 1. The van der Waals surface area contributed by atoms with E-state index in [9.17, 15) is 13.2 Å². The maximum absolute atomic E-state index is 12.9. The number of hydrogen-bond donors (Lipinski definition) is 1. The zero-order valence-corrected chi connectivity index (χ0v) is 12.0. The van der Waals surface area contributed by atoms with Crippen LogP contribution in [0.5, 0.6) is 5.75 Å². The molecule has 0 amide bonds. The van der Waals surface area contributed by atoms with Crippen LogP contribution in [0.15, 0.2) is 30.3 Å². The van der Waals surface area contributed by atoms with E-state index in [2.05, 4.69) is 5.32 Å². The van der Waals surface area contributed by atoms with Crippen molar-refractivity contribution in [1.29, 1.82) is 0 Å². The van der Waals surface area contributed by atoms with Crippen LogP contribution in [0.1, 0.15) is 32.1 Å². The molecule has 2 atom stereocenters. The van der Waals surface area contributed by atoms with Crippen LogP contribution in [0.2, 0.25) is 0 Å². The lowest BCUT2D eigenvalue weighted by atomic mass is 9.84. The summed E-state index contributed by atoms with van der Waals surface area (Å²) in [5, 5.41) is 3.06. The highest BCUT2D eigenvalue weighted by Gasteiger charge is 2.45. The molecule has 2 rings (SSSR count). The quantitative estimate of drug-likeness (QED) is 0.796. The minimum absolute atomic E-state index is 0.252. The summed E-state index contributed by atoms with van der Waals surface area (Å²) in [4.78, 5) is 0. The molecule has 0 aliphatic heterocycles. The van der Waals surface area contributed by atoms with Crippen molar-refractivity contribution >= 4 is 0 Å². The molecule has 0 radical (unpaired) electrons. The first-order valence-corrected chi connectivity index (χ1v) is 7.55. The number of halogens is 3. The van der Waals surface area contributed by atoms with Crippen molar-refractivity contribution in [2.24, 2.45) is 5.92 Å². The third-order valence-corrected chi connectivity index (χ3v) is 3.93. The summed E-state index contributed by atoms with van der Waals surface area (Å²) in [5.74, 6) is -0.398. The predicted octanol–water partition coefficient (Wildman–Crippen LogP) is 4.17. The second kappa shape index (κ2) is 7.69. The van der Waals surface area contributed by atoms with Crippen molar-refractivity contribution in [2.45, 2.75) is 44.3 Å². The van der Waals surface area contributed by atoms with Crippen LogP contribution in [0.25, 0.3) is 0 Å². The molecule has 118 valence electrons. The van der Waals surface area contributed by atoms with Crippen molar-refractivity contribution in [3.8, 4) is 5.75 Å². The topological polar surface area (TPSA) is 21.3 Å². The van der Waals surface area contributed by atoms with E-state index in [1.807, 2.05) is 30.3 Å². The molecule has 0 heterocycles. The summed E-state index contributed by atoms with van der Waals surface area (Å²) < 4.78 is 44.3. The Bertz CT molecular complexity index is 408. The van der Waals surface area contributed by atoms with Crippen LogP contribution in [0.3, 0.4) is 0 Å². The fourth-order valence-electron chi connectivity index (χ4n) is 2.83. The molecule has 1 fully saturated rings. The van der Waals surface area contributed by atoms with Crippen LogP contribution >= 0.6 is 0 Å². The number of rotatable bonds is 6. The van der Waals surface area contributed by atoms with Gasteiger partial charge in [-0.2, -0.15) is 13.2 Å². The second-order valence-electron chi connectivity index (χ2n) is 5.51. The molecule has 0 spiro atoms. The van der Waals surface area contributed by atoms with E-state index in [0.29, 0.717) is 32.4 Å². The molecule has 5 heteroatoms. The summed E-state index contributed by atoms with van der Waals surface area (Å²) in [5.41, 5.74) is 0. The average molecular weight is 301 g/mol. The number of para-hydroxylation sites is 1. The smallest absolute Gasteiger partial charge is 0.393 e. The largest absolute Gasteiger partial charge is 0.494 e. The minimum Gasteiger partial charge on any atom is -0.494 e. The third kappa shape index (κ3) is 5.23. The lowest BCUT2D eigenvalue weighted by Crippen LogP contribution is -2.45. The van der Waals surface area contributed by atoms with Gasteiger partial charge in [-0.05, 0) is 37.9 Å². The Labute approximate surface area is 123 Å². The van der Waals surface area contributed by atoms with Crippen LogP contribution in [-0.2, 0) is 0 Å². The molecule has 1 aliphatic carbocycles. The number of nitrogens with one attached hydrogen (secondary N) is 1. The van der Waals surface area contributed by atoms with Crippen LogP contribution in [0.4, 0.5) is 13.2 Å². The Hall–Kier alpha value is -1.23. The van der Waals surface area contributed by atoms with Crippen molar-refractivity contribution < 1.29 is 17.9 Å². The number of ether oxygens (including phenoxy) is 1.